The molecule has 150 valence electrons. The van der Waals surface area contributed by atoms with Crippen LogP contribution in [0.15, 0.2) is 35.4 Å². The van der Waals surface area contributed by atoms with Crippen LogP contribution in [-0.2, 0) is 9.53 Å². The lowest BCUT2D eigenvalue weighted by atomic mass is 10.1. The number of hydrogen-bond donors (Lipinski definition) is 0. The molecule has 0 N–H and O–H groups in total. The average Bonchev–Trinajstić information content (AvgIpc) is 3.18. The Labute approximate surface area is 168 Å². The summed E-state index contributed by atoms with van der Waals surface area (Å²) in [5.41, 5.74) is 2.77. The first kappa shape index (κ1) is 21.6. The zero-order chi connectivity index (χ0) is 21.1. The molecule has 0 bridgehead atoms. The van der Waals surface area contributed by atoms with Gasteiger partial charge in [-0.2, -0.15) is 0 Å². The number of terminal acetylenes is 1. The van der Waals surface area contributed by atoms with Gasteiger partial charge in [0.2, 0.25) is 0 Å². The second-order valence-electron chi connectivity index (χ2n) is 8.06. The number of rotatable bonds is 7. The number of hydrogen-bond acceptors (Lipinski definition) is 4. The van der Waals surface area contributed by atoms with E-state index in [4.69, 9.17) is 20.6 Å². The third-order valence-corrected chi connectivity index (χ3v) is 5.28. The van der Waals surface area contributed by atoms with Crippen molar-refractivity contribution < 1.29 is 19.0 Å². The van der Waals surface area contributed by atoms with Gasteiger partial charge in [0.1, 0.15) is 0 Å². The van der Waals surface area contributed by atoms with E-state index in [-0.39, 0.29) is 23.2 Å². The molecule has 28 heavy (non-hydrogen) atoms. The minimum Gasteiger partial charge on any atom is -0.493 e. The van der Waals surface area contributed by atoms with Gasteiger partial charge in [0, 0.05) is 0 Å². The molecule has 0 heterocycles. The maximum atomic E-state index is 12.7. The molecule has 1 aromatic rings. The fourth-order valence-corrected chi connectivity index (χ4v) is 3.53. The zero-order valence-electron chi connectivity index (χ0n) is 17.8. The van der Waals surface area contributed by atoms with Gasteiger partial charge in [-0.15, -0.1) is 6.42 Å². The molecule has 0 amide bonds. The number of esters is 1. The Morgan fingerprint density at radius 3 is 2.36 bits per heavy atom. The summed E-state index contributed by atoms with van der Waals surface area (Å²) in [5, 5.41) is 0. The zero-order valence-corrected chi connectivity index (χ0v) is 17.8. The third kappa shape index (κ3) is 4.59. The Hall–Kier alpha value is -2.67. The van der Waals surface area contributed by atoms with Crippen LogP contribution in [0.4, 0.5) is 0 Å². The molecule has 0 radical (unpaired) electrons. The molecule has 1 aliphatic rings. The Morgan fingerprint density at radius 2 is 1.82 bits per heavy atom. The molecule has 3 atom stereocenters. The maximum absolute atomic E-state index is 12.7. The van der Waals surface area contributed by atoms with E-state index in [9.17, 15) is 4.79 Å². The predicted octanol–water partition coefficient (Wildman–Crippen LogP) is 4.89. The quantitative estimate of drug-likeness (QED) is 0.383. The summed E-state index contributed by atoms with van der Waals surface area (Å²) in [4.78, 5) is 12.7. The SMILES string of the molecule is C#CC(OC(=O)C1C(C=C(C)C)C1(C)C)C(C)=Cc1ccc(OC)c(OC)c1. The largest absolute Gasteiger partial charge is 0.493 e. The van der Waals surface area contributed by atoms with Gasteiger partial charge in [0.15, 0.2) is 17.6 Å². The molecule has 0 saturated heterocycles. The Morgan fingerprint density at radius 1 is 1.18 bits per heavy atom. The topological polar surface area (TPSA) is 44.8 Å². The molecular weight excluding hydrogens is 352 g/mol. The molecule has 0 aromatic heterocycles. The lowest BCUT2D eigenvalue weighted by Gasteiger charge is -2.14. The van der Waals surface area contributed by atoms with E-state index in [1.165, 1.54) is 5.57 Å². The molecule has 3 unspecified atom stereocenters. The number of benzene rings is 1. The first-order valence-electron chi connectivity index (χ1n) is 9.37. The van der Waals surface area contributed by atoms with Crippen molar-refractivity contribution in [3.05, 3.63) is 41.0 Å². The highest BCUT2D eigenvalue weighted by Gasteiger charge is 2.61. The summed E-state index contributed by atoms with van der Waals surface area (Å²) in [6.45, 7) is 10.1. The van der Waals surface area contributed by atoms with Gasteiger partial charge in [-0.25, -0.2) is 0 Å². The van der Waals surface area contributed by atoms with Crippen molar-refractivity contribution >= 4 is 12.0 Å². The fraction of sp³-hybridized carbons (Fsp3) is 0.458. The average molecular weight is 383 g/mol. The first-order chi connectivity index (χ1) is 13.1. The van der Waals surface area contributed by atoms with Crippen LogP contribution in [0.1, 0.15) is 40.2 Å². The molecule has 1 fully saturated rings. The molecule has 4 nitrogen and oxygen atoms in total. The van der Waals surface area contributed by atoms with Gasteiger partial charge in [0.25, 0.3) is 0 Å². The Balaban J connectivity index is 2.15. The van der Waals surface area contributed by atoms with E-state index >= 15 is 0 Å². The first-order valence-corrected chi connectivity index (χ1v) is 9.37. The lowest BCUT2D eigenvalue weighted by molar-refractivity contribution is -0.147. The maximum Gasteiger partial charge on any atom is 0.311 e. The van der Waals surface area contributed by atoms with Crippen LogP contribution in [-0.4, -0.2) is 26.3 Å². The van der Waals surface area contributed by atoms with Crippen LogP contribution in [0.25, 0.3) is 6.08 Å². The standard InChI is InChI=1S/C24H30O4/c1-9-19(28-23(25)22-18(12-15(2)3)24(22,5)6)16(4)13-17-10-11-20(26-7)21(14-17)27-8/h1,10-14,18-19,22H,2-8H3. The second kappa shape index (κ2) is 8.56. The molecule has 2 rings (SSSR count). The van der Waals surface area contributed by atoms with Crippen molar-refractivity contribution in [2.45, 2.75) is 40.7 Å². The number of carbonyl (C=O) groups is 1. The number of carbonyl (C=O) groups excluding carboxylic acids is 1. The molecule has 0 aliphatic heterocycles. The highest BCUT2D eigenvalue weighted by atomic mass is 16.5. The van der Waals surface area contributed by atoms with Crippen LogP contribution >= 0.6 is 0 Å². The van der Waals surface area contributed by atoms with E-state index in [1.807, 2.05) is 45.0 Å². The molecule has 1 saturated carbocycles. The summed E-state index contributed by atoms with van der Waals surface area (Å²) in [6.07, 6.45) is 8.99. The predicted molar refractivity (Wildman–Crippen MR) is 112 cm³/mol. The fourth-order valence-electron chi connectivity index (χ4n) is 3.53. The Bertz CT molecular complexity index is 835. The van der Waals surface area contributed by atoms with Crippen LogP contribution in [0.3, 0.4) is 0 Å². The summed E-state index contributed by atoms with van der Waals surface area (Å²) in [5.74, 6) is 3.66. The monoisotopic (exact) mass is 382 g/mol. The number of methoxy groups -OCH3 is 2. The van der Waals surface area contributed by atoms with Gasteiger partial charge in [-0.1, -0.05) is 43.6 Å². The van der Waals surface area contributed by atoms with Gasteiger partial charge >= 0.3 is 5.97 Å². The van der Waals surface area contributed by atoms with Crippen LogP contribution in [0.5, 0.6) is 11.5 Å². The summed E-state index contributed by atoms with van der Waals surface area (Å²) < 4.78 is 16.3. The minimum atomic E-state index is -0.704. The van der Waals surface area contributed by atoms with Crippen LogP contribution < -0.4 is 9.47 Å². The van der Waals surface area contributed by atoms with Gasteiger partial charge < -0.3 is 14.2 Å². The normalized spacial score (nSPS) is 21.1. The highest BCUT2D eigenvalue weighted by molar-refractivity contribution is 5.79. The second-order valence-corrected chi connectivity index (χ2v) is 8.06. The molecular formula is C24H30O4. The summed E-state index contributed by atoms with van der Waals surface area (Å²) >= 11 is 0. The van der Waals surface area contributed by atoms with E-state index in [0.717, 1.165) is 11.1 Å². The van der Waals surface area contributed by atoms with Crippen molar-refractivity contribution in [2.24, 2.45) is 17.3 Å². The molecule has 1 aliphatic carbocycles. The van der Waals surface area contributed by atoms with E-state index in [0.29, 0.717) is 11.5 Å². The Kier molecular flexibility index (Phi) is 6.61. The molecule has 1 aromatic carbocycles. The molecule has 0 spiro atoms. The number of allylic oxidation sites excluding steroid dienone is 2. The van der Waals surface area contributed by atoms with Gasteiger partial charge in [-0.05, 0) is 55.4 Å². The van der Waals surface area contributed by atoms with E-state index < -0.39 is 6.10 Å². The minimum absolute atomic E-state index is 0.103. The number of ether oxygens (including phenoxy) is 3. The van der Waals surface area contributed by atoms with E-state index in [1.54, 1.807) is 14.2 Å². The van der Waals surface area contributed by atoms with Crippen molar-refractivity contribution in [2.75, 3.05) is 14.2 Å². The van der Waals surface area contributed by atoms with Crippen molar-refractivity contribution in [1.82, 2.24) is 0 Å². The van der Waals surface area contributed by atoms with Gasteiger partial charge in [0.05, 0.1) is 20.1 Å². The lowest BCUT2D eigenvalue weighted by Crippen LogP contribution is -2.20. The van der Waals surface area contributed by atoms with Crippen LogP contribution in [0, 0.1) is 29.6 Å². The smallest absolute Gasteiger partial charge is 0.311 e. The van der Waals surface area contributed by atoms with Crippen LogP contribution in [0.2, 0.25) is 0 Å². The van der Waals surface area contributed by atoms with Crippen molar-refractivity contribution in [3.63, 3.8) is 0 Å². The summed E-state index contributed by atoms with van der Waals surface area (Å²) in [6, 6.07) is 5.58. The highest BCUT2D eigenvalue weighted by Crippen LogP contribution is 2.60. The summed E-state index contributed by atoms with van der Waals surface area (Å²) in [7, 11) is 3.18. The van der Waals surface area contributed by atoms with Gasteiger partial charge in [-0.3, -0.25) is 4.79 Å². The van der Waals surface area contributed by atoms with E-state index in [2.05, 4.69) is 25.8 Å². The van der Waals surface area contributed by atoms with Crippen molar-refractivity contribution in [3.8, 4) is 23.8 Å². The van der Waals surface area contributed by atoms with Crippen molar-refractivity contribution in [1.29, 1.82) is 0 Å². The molecule has 4 heteroatoms. The third-order valence-electron chi connectivity index (χ3n) is 5.28.